The van der Waals surface area contributed by atoms with E-state index in [0.717, 1.165) is 27.6 Å². The molecule has 0 N–H and O–H groups in total. The molecule has 0 spiro atoms. The van der Waals surface area contributed by atoms with Crippen molar-refractivity contribution in [3.05, 3.63) is 158 Å². The zero-order valence-corrected chi connectivity index (χ0v) is 23.8. The van der Waals surface area contributed by atoms with Gasteiger partial charge in [0.05, 0.1) is 5.52 Å². The lowest BCUT2D eigenvalue weighted by Gasteiger charge is -2.10. The molecule has 2 aromatic heterocycles. The van der Waals surface area contributed by atoms with Gasteiger partial charge in [-0.2, -0.15) is 0 Å². The SMILES string of the molecule is c1ccc(-c2ccc3cc(-c4ccc5nc(-c6nc(-c7ccccc7)nc(-c7ccccc7)n6)ccc5c4)ccc3c2)cc1. The number of benzene rings is 6. The molecule has 4 heteroatoms. The Morgan fingerprint density at radius 3 is 1.27 bits per heavy atom. The molecule has 8 rings (SSSR count). The fraction of sp³-hybridized carbons (Fsp3) is 0. The van der Waals surface area contributed by atoms with E-state index in [9.17, 15) is 0 Å². The lowest BCUT2D eigenvalue weighted by Crippen LogP contribution is -2.01. The molecule has 0 bridgehead atoms. The molecule has 0 atom stereocenters. The lowest BCUT2D eigenvalue weighted by molar-refractivity contribution is 1.06. The Balaban J connectivity index is 1.15. The molecule has 8 aromatic rings. The van der Waals surface area contributed by atoms with E-state index in [2.05, 4.69) is 84.9 Å². The van der Waals surface area contributed by atoms with Crippen molar-refractivity contribution in [2.45, 2.75) is 0 Å². The third-order valence-corrected chi connectivity index (χ3v) is 7.90. The maximum atomic E-state index is 4.99. The van der Waals surface area contributed by atoms with Crippen LogP contribution in [0.3, 0.4) is 0 Å². The second-order valence-corrected chi connectivity index (χ2v) is 10.8. The number of nitrogens with zero attached hydrogens (tertiary/aromatic N) is 4. The van der Waals surface area contributed by atoms with E-state index in [-0.39, 0.29) is 0 Å². The Morgan fingerprint density at radius 1 is 0.273 bits per heavy atom. The highest BCUT2D eigenvalue weighted by molar-refractivity contribution is 5.92. The third-order valence-electron chi connectivity index (χ3n) is 7.90. The Morgan fingerprint density at radius 2 is 0.705 bits per heavy atom. The first-order chi connectivity index (χ1) is 21.8. The van der Waals surface area contributed by atoms with Gasteiger partial charge in [0, 0.05) is 16.5 Å². The first-order valence-electron chi connectivity index (χ1n) is 14.6. The van der Waals surface area contributed by atoms with Crippen LogP contribution in [-0.4, -0.2) is 19.9 Å². The normalized spacial score (nSPS) is 11.2. The molecule has 206 valence electrons. The van der Waals surface area contributed by atoms with Crippen molar-refractivity contribution in [3.63, 3.8) is 0 Å². The predicted molar refractivity (Wildman–Crippen MR) is 180 cm³/mol. The zero-order valence-electron chi connectivity index (χ0n) is 23.8. The summed E-state index contributed by atoms with van der Waals surface area (Å²) < 4.78 is 0. The number of pyridine rings is 1. The van der Waals surface area contributed by atoms with Crippen LogP contribution in [0, 0.1) is 0 Å². The molecule has 44 heavy (non-hydrogen) atoms. The van der Waals surface area contributed by atoms with E-state index in [1.165, 1.54) is 27.5 Å². The van der Waals surface area contributed by atoms with Crippen molar-refractivity contribution >= 4 is 21.7 Å². The number of fused-ring (bicyclic) bond motifs is 2. The minimum absolute atomic E-state index is 0.549. The van der Waals surface area contributed by atoms with E-state index in [1.54, 1.807) is 0 Å². The van der Waals surface area contributed by atoms with Gasteiger partial charge in [-0.05, 0) is 63.4 Å². The number of rotatable bonds is 5. The summed E-state index contributed by atoms with van der Waals surface area (Å²) in [6.45, 7) is 0. The second-order valence-electron chi connectivity index (χ2n) is 10.8. The standard InChI is InChI=1S/C40H26N4/c1-4-10-27(11-5-1)30-16-17-32-25-33(19-18-31(32)24-30)34-20-22-36-35(26-34)21-23-37(41-36)40-43-38(28-12-6-2-7-13-28)42-39(44-40)29-14-8-3-9-15-29/h1-26H. The molecule has 0 aliphatic heterocycles. The van der Waals surface area contributed by atoms with Crippen molar-refractivity contribution in [3.8, 4) is 56.5 Å². The van der Waals surface area contributed by atoms with Gasteiger partial charge in [0.15, 0.2) is 17.5 Å². The van der Waals surface area contributed by atoms with Crippen LogP contribution in [0.15, 0.2) is 158 Å². The summed E-state index contributed by atoms with van der Waals surface area (Å²) in [7, 11) is 0. The van der Waals surface area contributed by atoms with Gasteiger partial charge in [-0.25, -0.2) is 19.9 Å². The predicted octanol–water partition coefficient (Wildman–Crippen LogP) is 9.91. The van der Waals surface area contributed by atoms with E-state index in [1.807, 2.05) is 72.8 Å². The molecular weight excluding hydrogens is 536 g/mol. The quantitative estimate of drug-likeness (QED) is 0.209. The molecule has 0 saturated carbocycles. The topological polar surface area (TPSA) is 51.6 Å². The second kappa shape index (κ2) is 11.0. The van der Waals surface area contributed by atoms with Crippen molar-refractivity contribution in [2.24, 2.45) is 0 Å². The van der Waals surface area contributed by atoms with Crippen molar-refractivity contribution in [2.75, 3.05) is 0 Å². The molecule has 6 aromatic carbocycles. The minimum atomic E-state index is 0.549. The molecule has 0 fully saturated rings. The summed E-state index contributed by atoms with van der Waals surface area (Å²) in [6.07, 6.45) is 0. The molecule has 0 aliphatic carbocycles. The molecule has 0 radical (unpaired) electrons. The van der Waals surface area contributed by atoms with Crippen LogP contribution < -0.4 is 0 Å². The number of hydrogen-bond acceptors (Lipinski definition) is 4. The zero-order chi connectivity index (χ0) is 29.3. The maximum absolute atomic E-state index is 4.99. The van der Waals surface area contributed by atoms with Gasteiger partial charge < -0.3 is 0 Å². The molecule has 0 saturated heterocycles. The first-order valence-corrected chi connectivity index (χ1v) is 14.6. The summed E-state index contributed by atoms with van der Waals surface area (Å²) in [6, 6.07) is 54.3. The largest absolute Gasteiger partial charge is 0.244 e. The fourth-order valence-electron chi connectivity index (χ4n) is 5.59. The van der Waals surface area contributed by atoms with Crippen LogP contribution in [-0.2, 0) is 0 Å². The highest BCUT2D eigenvalue weighted by Gasteiger charge is 2.14. The molecule has 2 heterocycles. The van der Waals surface area contributed by atoms with Gasteiger partial charge in [0.25, 0.3) is 0 Å². The van der Waals surface area contributed by atoms with Crippen LogP contribution in [0.1, 0.15) is 0 Å². The highest BCUT2D eigenvalue weighted by atomic mass is 15.0. The lowest BCUT2D eigenvalue weighted by atomic mass is 9.97. The van der Waals surface area contributed by atoms with Crippen LogP contribution in [0.2, 0.25) is 0 Å². The molecule has 4 nitrogen and oxygen atoms in total. The van der Waals surface area contributed by atoms with Crippen molar-refractivity contribution in [1.82, 2.24) is 19.9 Å². The summed E-state index contributed by atoms with van der Waals surface area (Å²) >= 11 is 0. The summed E-state index contributed by atoms with van der Waals surface area (Å²) in [4.78, 5) is 19.5. The fourth-order valence-corrected chi connectivity index (χ4v) is 5.59. The highest BCUT2D eigenvalue weighted by Crippen LogP contribution is 2.31. The van der Waals surface area contributed by atoms with Gasteiger partial charge in [-0.1, -0.05) is 127 Å². The smallest absolute Gasteiger partial charge is 0.182 e. The summed E-state index contributed by atoms with van der Waals surface area (Å²) in [5, 5.41) is 3.50. The van der Waals surface area contributed by atoms with Crippen LogP contribution in [0.5, 0.6) is 0 Å². The number of hydrogen-bond donors (Lipinski definition) is 0. The first kappa shape index (κ1) is 25.7. The van der Waals surface area contributed by atoms with E-state index in [4.69, 9.17) is 19.9 Å². The Kier molecular flexibility index (Phi) is 6.43. The van der Waals surface area contributed by atoms with E-state index in [0.29, 0.717) is 23.2 Å². The van der Waals surface area contributed by atoms with Crippen LogP contribution >= 0.6 is 0 Å². The number of aromatic nitrogens is 4. The molecular formula is C40H26N4. The van der Waals surface area contributed by atoms with Crippen molar-refractivity contribution in [1.29, 1.82) is 0 Å². The van der Waals surface area contributed by atoms with Gasteiger partial charge in [0.1, 0.15) is 5.69 Å². The van der Waals surface area contributed by atoms with Gasteiger partial charge in [0.2, 0.25) is 0 Å². The van der Waals surface area contributed by atoms with Crippen LogP contribution in [0.25, 0.3) is 78.2 Å². The average Bonchev–Trinajstić information content (AvgIpc) is 3.11. The van der Waals surface area contributed by atoms with Gasteiger partial charge in [-0.15, -0.1) is 0 Å². The van der Waals surface area contributed by atoms with Crippen molar-refractivity contribution < 1.29 is 0 Å². The van der Waals surface area contributed by atoms with Gasteiger partial charge >= 0.3 is 0 Å². The Hall–Kier alpha value is -6.00. The molecule has 0 aliphatic rings. The van der Waals surface area contributed by atoms with E-state index < -0.39 is 0 Å². The monoisotopic (exact) mass is 562 g/mol. The summed E-state index contributed by atoms with van der Waals surface area (Å²) in [5.74, 6) is 1.80. The molecule has 0 unspecified atom stereocenters. The summed E-state index contributed by atoms with van der Waals surface area (Å²) in [5.41, 5.74) is 8.25. The minimum Gasteiger partial charge on any atom is -0.244 e. The third kappa shape index (κ3) is 4.99. The Bertz CT molecular complexity index is 2210. The van der Waals surface area contributed by atoms with Gasteiger partial charge in [-0.3, -0.25) is 0 Å². The average molecular weight is 563 g/mol. The Labute approximate surface area is 255 Å². The van der Waals surface area contributed by atoms with E-state index >= 15 is 0 Å². The maximum Gasteiger partial charge on any atom is 0.182 e. The molecule has 0 amide bonds. The van der Waals surface area contributed by atoms with Crippen LogP contribution in [0.4, 0.5) is 0 Å².